The van der Waals surface area contributed by atoms with Crippen LogP contribution in [0.2, 0.25) is 0 Å². The van der Waals surface area contributed by atoms with Crippen LogP contribution in [0.5, 0.6) is 0 Å². The van der Waals surface area contributed by atoms with Crippen LogP contribution < -0.4 is 0 Å². The Morgan fingerprint density at radius 3 is 2.80 bits per heavy atom. The van der Waals surface area contributed by atoms with Crippen molar-refractivity contribution < 1.29 is 0 Å². The maximum absolute atomic E-state index is 6.94. The van der Waals surface area contributed by atoms with Gasteiger partial charge in [0.2, 0.25) is 0 Å². The molecule has 0 saturated carbocycles. The van der Waals surface area contributed by atoms with Crippen LogP contribution in [0.3, 0.4) is 0 Å². The first-order valence-electron chi connectivity index (χ1n) is 2.05. The first kappa shape index (κ1) is 3.69. The molecule has 0 aromatic carbocycles. The van der Waals surface area contributed by atoms with Gasteiger partial charge in [0.15, 0.2) is 0 Å². The van der Waals surface area contributed by atoms with E-state index in [-0.39, 0.29) is 7.30 Å². The summed E-state index contributed by atoms with van der Waals surface area (Å²) in [6, 6.07) is 0. The van der Waals surface area contributed by atoms with Crippen LogP contribution in [0.25, 0.3) is 0 Å². The Morgan fingerprint density at radius 2 is 2.80 bits per heavy atom. The molecule has 4 heteroatoms. The van der Waals surface area contributed by atoms with E-state index in [4.69, 9.17) is 2.56 Å². The Hall–Kier alpha value is 1.72. The van der Waals surface area contributed by atoms with E-state index < -0.39 is 8.82 Å². The van der Waals surface area contributed by atoms with Gasteiger partial charge in [-0.15, -0.1) is 17.7 Å². The lowest BCUT2D eigenvalue weighted by Crippen LogP contribution is -1.22. The summed E-state index contributed by atoms with van der Waals surface area (Å²) >= 11 is 0. The Morgan fingerprint density at radius 1 is 2.20 bits per heavy atom. The van der Waals surface area contributed by atoms with Crippen LogP contribution in [0, 0.1) is 0 Å². The molecule has 0 aliphatic heterocycles. The molecular formula is CH8P4. The van der Waals surface area contributed by atoms with Crippen molar-refractivity contribution in [2.24, 2.45) is 0 Å². The fourth-order valence-corrected chi connectivity index (χ4v) is 0. The average molecular weight is 148 g/mol. The van der Waals surface area contributed by atoms with E-state index in [0.29, 0.717) is 0 Å². The number of rotatable bonds is 2. The van der Waals surface area contributed by atoms with Gasteiger partial charge < -0.3 is 0 Å². The van der Waals surface area contributed by atoms with Crippen LogP contribution in [-0.2, 0) is 0 Å². The minimum atomic E-state index is -1.11. The topological polar surface area (TPSA) is 0 Å². The fraction of sp³-hybridized carbons (Fsp3) is 1.00. The predicted molar refractivity (Wildman–Crippen MR) is 40.6 cm³/mol. The largest absolute Gasteiger partial charge is 0.110 e. The highest BCUT2D eigenvalue weighted by atomic mass is 32.6. The zero-order chi connectivity index (χ0) is 5.86. The highest BCUT2D eigenvalue weighted by Gasteiger charge is 1.78. The van der Waals surface area contributed by atoms with Crippen molar-refractivity contribution >= 4 is 33.0 Å². The van der Waals surface area contributed by atoms with Gasteiger partial charge in [-0.25, -0.2) is 0 Å². The molecule has 0 bridgehead atoms. The van der Waals surface area contributed by atoms with Gasteiger partial charge >= 0.3 is 0 Å². The molecule has 32 valence electrons. The average Bonchev–Trinajstić information content (AvgIpc) is 1.65. The van der Waals surface area contributed by atoms with Crippen LogP contribution in [0.15, 0.2) is 0 Å². The molecule has 0 nitrogen and oxygen atoms in total. The second-order valence-electron chi connectivity index (χ2n) is 0.653. The molecule has 0 heterocycles. The monoisotopic (exact) mass is 148 g/mol. The standard InChI is InChI=1S/CH8P4/c1-5(3)4-2/h4H,2-3H2,1H3/i3T2. The molecular weight excluding hydrogens is 136 g/mol. The van der Waals surface area contributed by atoms with Crippen LogP contribution in [-0.4, -0.2) is 9.22 Å². The van der Waals surface area contributed by atoms with Crippen molar-refractivity contribution in [2.45, 2.75) is 0 Å². The van der Waals surface area contributed by atoms with Crippen molar-refractivity contribution in [1.29, 1.82) is 2.56 Å². The molecule has 0 rings (SSSR count). The Balaban J connectivity index is 3.14. The summed E-state index contributed by atoms with van der Waals surface area (Å²) in [4.78, 5) is 0. The smallest absolute Gasteiger partial charge is 0.0597 e. The van der Waals surface area contributed by atoms with Crippen molar-refractivity contribution in [3.05, 3.63) is 0 Å². The van der Waals surface area contributed by atoms with Crippen molar-refractivity contribution in [3.8, 4) is 0 Å². The van der Waals surface area contributed by atoms with Gasteiger partial charge in [0.05, 0.1) is 2.56 Å². The summed E-state index contributed by atoms with van der Waals surface area (Å²) in [6.45, 7) is 2.01. The molecule has 3 unspecified atom stereocenters. The Kier molecular flexibility index (Phi) is 2.87. The second kappa shape index (κ2) is 3.89. The van der Waals surface area contributed by atoms with E-state index >= 15 is 0 Å². The molecule has 0 saturated heterocycles. The van der Waals surface area contributed by atoms with Crippen molar-refractivity contribution in [1.82, 2.24) is 0 Å². The highest BCUT2D eigenvalue weighted by Crippen LogP contribution is 2.62. The van der Waals surface area contributed by atoms with E-state index in [1.165, 1.54) is 0 Å². The second-order valence-corrected chi connectivity index (χ2v) is 10.00. The summed E-state index contributed by atoms with van der Waals surface area (Å²) in [5.41, 5.74) is 0. The zero-order valence-electron chi connectivity index (χ0n) is 4.97. The summed E-state index contributed by atoms with van der Waals surface area (Å²) in [6.07, 6.45) is 0. The van der Waals surface area contributed by atoms with Gasteiger partial charge in [0.25, 0.3) is 0 Å². The molecule has 0 aliphatic rings. The van der Waals surface area contributed by atoms with Crippen molar-refractivity contribution in [3.63, 3.8) is 0 Å². The molecule has 0 amide bonds. The van der Waals surface area contributed by atoms with Gasteiger partial charge in [-0.2, -0.15) is 0 Å². The number of hydrogen-bond donors (Lipinski definition) is 0. The molecule has 0 aromatic rings. The molecule has 3 atom stereocenters. The minimum absolute atomic E-state index is 0.248. The van der Waals surface area contributed by atoms with E-state index in [9.17, 15) is 0 Å². The van der Waals surface area contributed by atoms with Gasteiger partial charge in [0, 0.05) is 0 Å². The molecule has 0 fully saturated rings. The normalized spacial score (nSPS) is 23.8. The maximum Gasteiger partial charge on any atom is 0.0597 e. The molecule has 0 spiro atoms. The number of hydrogen-bond acceptors (Lipinski definition) is 0. The minimum Gasteiger partial charge on any atom is -0.110 e. The third kappa shape index (κ3) is 5.72. The van der Waals surface area contributed by atoms with E-state index in [2.05, 4.69) is 8.93 Å². The molecule has 0 radical (unpaired) electrons. The third-order valence-corrected chi connectivity index (χ3v) is 8.16. The van der Waals surface area contributed by atoms with Gasteiger partial charge in [0.1, 0.15) is 0 Å². The Bertz CT molecular complexity index is 47.0. The quantitative estimate of drug-likeness (QED) is 0.527. The lowest BCUT2D eigenvalue weighted by atomic mass is 12.0. The highest BCUT2D eigenvalue weighted by molar-refractivity contribution is 8.60. The molecule has 5 heavy (non-hydrogen) atoms. The molecule has 0 aromatic heterocycles. The first-order chi connectivity index (χ1) is 3.18. The zero-order valence-corrected chi connectivity index (χ0v) is 6.92. The van der Waals surface area contributed by atoms with Gasteiger partial charge in [-0.1, -0.05) is 15.3 Å². The van der Waals surface area contributed by atoms with Crippen LogP contribution in [0.4, 0.5) is 0 Å². The van der Waals surface area contributed by atoms with Gasteiger partial charge in [-0.3, -0.25) is 0 Å². The third-order valence-electron chi connectivity index (χ3n) is 0.187. The summed E-state index contributed by atoms with van der Waals surface area (Å²) in [5.74, 6) is 0. The van der Waals surface area contributed by atoms with E-state index in [1.54, 1.807) is 0 Å². The van der Waals surface area contributed by atoms with E-state index in [0.717, 1.165) is 7.96 Å². The molecule has 0 aliphatic carbocycles. The lowest BCUT2D eigenvalue weighted by Gasteiger charge is -1.92. The van der Waals surface area contributed by atoms with Crippen molar-refractivity contribution in [2.75, 3.05) is 6.66 Å². The maximum atomic E-state index is 6.94. The van der Waals surface area contributed by atoms with Crippen LogP contribution in [0.1, 0.15) is 0 Å². The summed E-state index contributed by atoms with van der Waals surface area (Å²) in [5, 5.41) is 0. The summed E-state index contributed by atoms with van der Waals surface area (Å²) in [7, 11) is 1.99. The van der Waals surface area contributed by atoms with Gasteiger partial charge in [-0.05, 0) is 6.66 Å². The SMILES string of the molecule is [3H]P([3H])P(C)PP. The predicted octanol–water partition coefficient (Wildman–Crippen LogP) is 2.27. The fourth-order valence-electron chi connectivity index (χ4n) is 0. The molecule has 0 N–H and O–H groups in total. The van der Waals surface area contributed by atoms with Crippen LogP contribution >= 0.6 is 33.0 Å². The first-order valence-corrected chi connectivity index (χ1v) is 7.75. The van der Waals surface area contributed by atoms with E-state index in [1.807, 2.05) is 6.66 Å². The Labute approximate surface area is 43.1 Å². The summed E-state index contributed by atoms with van der Waals surface area (Å²) < 4.78 is 13.9. The lowest BCUT2D eigenvalue weighted by molar-refractivity contribution is 2.50.